The van der Waals surface area contributed by atoms with Crippen molar-refractivity contribution >= 4 is 5.91 Å². The fourth-order valence-electron chi connectivity index (χ4n) is 4.89. The third-order valence-electron chi connectivity index (χ3n) is 6.25. The highest BCUT2D eigenvalue weighted by molar-refractivity contribution is 5.79. The molecule has 0 unspecified atom stereocenters. The second kappa shape index (κ2) is 8.82. The average molecular weight is 383 g/mol. The number of hydrogen-bond acceptors (Lipinski definition) is 5. The van der Waals surface area contributed by atoms with Crippen LogP contribution in [0.3, 0.4) is 0 Å². The van der Waals surface area contributed by atoms with Gasteiger partial charge in [0.15, 0.2) is 5.82 Å². The van der Waals surface area contributed by atoms with Crippen molar-refractivity contribution < 1.29 is 4.79 Å². The number of nitrogens with one attached hydrogen (secondary N) is 1. The van der Waals surface area contributed by atoms with Crippen LogP contribution in [0.4, 0.5) is 0 Å². The average Bonchev–Trinajstić information content (AvgIpc) is 3.34. The van der Waals surface area contributed by atoms with Crippen molar-refractivity contribution in [2.75, 3.05) is 13.1 Å². The maximum atomic E-state index is 13.1. The highest BCUT2D eigenvalue weighted by Crippen LogP contribution is 2.38. The first-order chi connectivity index (χ1) is 13.7. The summed E-state index contributed by atoms with van der Waals surface area (Å²) in [6.07, 6.45) is 6.47. The molecule has 0 spiro atoms. The number of likely N-dealkylation sites (tertiary alicyclic amines) is 1. The SMILES string of the molecule is Cn1nnc(CNC(=O)[C@@H]2CN(Cc3ccccc3)C[C@H]2C2CCCCC2)n1. The number of carbonyl (C=O) groups is 1. The molecular weight excluding hydrogens is 352 g/mol. The molecule has 0 radical (unpaired) electrons. The van der Waals surface area contributed by atoms with E-state index in [9.17, 15) is 4.79 Å². The molecule has 2 atom stereocenters. The summed E-state index contributed by atoms with van der Waals surface area (Å²) in [5.74, 6) is 1.85. The maximum Gasteiger partial charge on any atom is 0.225 e. The molecule has 28 heavy (non-hydrogen) atoms. The van der Waals surface area contributed by atoms with Crippen LogP contribution in [0, 0.1) is 17.8 Å². The molecule has 7 nitrogen and oxygen atoms in total. The lowest BCUT2D eigenvalue weighted by atomic mass is 9.75. The van der Waals surface area contributed by atoms with Crippen LogP contribution in [0.25, 0.3) is 0 Å². The van der Waals surface area contributed by atoms with E-state index in [2.05, 4.69) is 56.0 Å². The minimum Gasteiger partial charge on any atom is -0.348 e. The molecule has 1 aliphatic heterocycles. The zero-order valence-corrected chi connectivity index (χ0v) is 16.6. The zero-order valence-electron chi connectivity index (χ0n) is 16.6. The van der Waals surface area contributed by atoms with Crippen LogP contribution in [-0.4, -0.2) is 44.1 Å². The standard InChI is InChI=1S/C21H30N6O/c1-26-24-20(23-25-26)12-22-21(28)19-15-27(13-16-8-4-2-5-9-16)14-18(19)17-10-6-3-7-11-17/h2,4-5,8-9,17-19H,3,6-7,10-15H2,1H3,(H,22,28)/t18-,19+/m0/s1. The Hall–Kier alpha value is -2.28. The van der Waals surface area contributed by atoms with Crippen LogP contribution in [0.15, 0.2) is 30.3 Å². The van der Waals surface area contributed by atoms with Crippen molar-refractivity contribution in [3.63, 3.8) is 0 Å². The number of tetrazole rings is 1. The van der Waals surface area contributed by atoms with Crippen LogP contribution >= 0.6 is 0 Å². The molecular formula is C21H30N6O. The van der Waals surface area contributed by atoms with Crippen molar-refractivity contribution in [3.8, 4) is 0 Å². The number of nitrogens with zero attached hydrogens (tertiary/aromatic N) is 5. The minimum absolute atomic E-state index is 0.0449. The summed E-state index contributed by atoms with van der Waals surface area (Å²) >= 11 is 0. The normalized spacial score (nSPS) is 23.8. The number of carbonyl (C=O) groups excluding carboxylic acids is 1. The summed E-state index contributed by atoms with van der Waals surface area (Å²) in [6.45, 7) is 3.11. The van der Waals surface area contributed by atoms with Gasteiger partial charge in [0.25, 0.3) is 0 Å². The predicted octanol–water partition coefficient (Wildman–Crippen LogP) is 2.15. The smallest absolute Gasteiger partial charge is 0.225 e. The predicted molar refractivity (Wildman–Crippen MR) is 106 cm³/mol. The first-order valence-electron chi connectivity index (χ1n) is 10.5. The molecule has 1 aromatic carbocycles. The van der Waals surface area contributed by atoms with Crippen molar-refractivity contribution in [2.45, 2.75) is 45.2 Å². The van der Waals surface area contributed by atoms with E-state index in [1.807, 2.05) is 0 Å². The van der Waals surface area contributed by atoms with Gasteiger partial charge in [-0.15, -0.1) is 10.2 Å². The van der Waals surface area contributed by atoms with Gasteiger partial charge in [-0.25, -0.2) is 0 Å². The van der Waals surface area contributed by atoms with E-state index in [-0.39, 0.29) is 11.8 Å². The van der Waals surface area contributed by atoms with E-state index in [1.165, 1.54) is 42.5 Å². The largest absolute Gasteiger partial charge is 0.348 e. The molecule has 1 aromatic heterocycles. The van der Waals surface area contributed by atoms with Crippen molar-refractivity contribution in [1.82, 2.24) is 30.4 Å². The van der Waals surface area contributed by atoms with Gasteiger partial charge >= 0.3 is 0 Å². The topological polar surface area (TPSA) is 75.9 Å². The fraction of sp³-hybridized carbons (Fsp3) is 0.619. The van der Waals surface area contributed by atoms with Crippen molar-refractivity contribution in [1.29, 1.82) is 0 Å². The van der Waals surface area contributed by atoms with Gasteiger partial charge in [-0.05, 0) is 22.6 Å². The summed E-state index contributed by atoms with van der Waals surface area (Å²) in [5, 5.41) is 15.0. The third-order valence-corrected chi connectivity index (χ3v) is 6.25. The first kappa shape index (κ1) is 19.1. The summed E-state index contributed by atoms with van der Waals surface area (Å²) in [4.78, 5) is 16.9. The lowest BCUT2D eigenvalue weighted by Gasteiger charge is -2.30. The van der Waals surface area contributed by atoms with Crippen molar-refractivity contribution in [2.24, 2.45) is 24.8 Å². The van der Waals surface area contributed by atoms with Gasteiger partial charge in [0.2, 0.25) is 5.91 Å². The Morgan fingerprint density at radius 3 is 2.64 bits per heavy atom. The number of aryl methyl sites for hydroxylation is 1. The van der Waals surface area contributed by atoms with E-state index in [0.29, 0.717) is 24.2 Å². The van der Waals surface area contributed by atoms with E-state index in [4.69, 9.17) is 0 Å². The van der Waals surface area contributed by atoms with Crippen molar-refractivity contribution in [3.05, 3.63) is 41.7 Å². The Balaban J connectivity index is 1.42. The molecule has 4 rings (SSSR count). The van der Waals surface area contributed by atoms with Gasteiger partial charge in [-0.2, -0.15) is 4.80 Å². The molecule has 2 aromatic rings. The molecule has 2 fully saturated rings. The Labute approximate surface area is 166 Å². The van der Waals surface area contributed by atoms with Crippen LogP contribution in [0.1, 0.15) is 43.5 Å². The van der Waals surface area contributed by atoms with E-state index in [1.54, 1.807) is 7.05 Å². The van der Waals surface area contributed by atoms with Crippen LogP contribution in [0.2, 0.25) is 0 Å². The lowest BCUT2D eigenvalue weighted by molar-refractivity contribution is -0.126. The fourth-order valence-corrected chi connectivity index (χ4v) is 4.89. The van der Waals surface area contributed by atoms with Gasteiger partial charge in [0.1, 0.15) is 0 Å². The monoisotopic (exact) mass is 382 g/mol. The summed E-state index contributed by atoms with van der Waals surface area (Å²) in [7, 11) is 1.73. The summed E-state index contributed by atoms with van der Waals surface area (Å²) < 4.78 is 0. The lowest BCUT2D eigenvalue weighted by Crippen LogP contribution is -2.37. The number of aromatic nitrogens is 4. The highest BCUT2D eigenvalue weighted by Gasteiger charge is 2.41. The second-order valence-electron chi connectivity index (χ2n) is 8.26. The zero-order chi connectivity index (χ0) is 19.3. The number of hydrogen-bond donors (Lipinski definition) is 1. The molecule has 1 saturated carbocycles. The summed E-state index contributed by atoms with van der Waals surface area (Å²) in [6, 6.07) is 10.6. The quantitative estimate of drug-likeness (QED) is 0.829. The molecule has 2 aliphatic rings. The molecule has 0 bridgehead atoms. The first-order valence-corrected chi connectivity index (χ1v) is 10.5. The van der Waals surface area contributed by atoms with Gasteiger partial charge in [-0.3, -0.25) is 9.69 Å². The van der Waals surface area contributed by atoms with Gasteiger partial charge in [0, 0.05) is 19.6 Å². The van der Waals surface area contributed by atoms with Gasteiger partial charge in [-0.1, -0.05) is 62.4 Å². The molecule has 1 aliphatic carbocycles. The Morgan fingerprint density at radius 2 is 1.93 bits per heavy atom. The Kier molecular flexibility index (Phi) is 6.00. The molecule has 7 heteroatoms. The van der Waals surface area contributed by atoms with Gasteiger partial charge in [0.05, 0.1) is 19.5 Å². The van der Waals surface area contributed by atoms with E-state index in [0.717, 1.165) is 19.6 Å². The number of amides is 1. The van der Waals surface area contributed by atoms with Gasteiger partial charge < -0.3 is 5.32 Å². The van der Waals surface area contributed by atoms with Crippen LogP contribution in [0.5, 0.6) is 0 Å². The van der Waals surface area contributed by atoms with Crippen LogP contribution in [-0.2, 0) is 24.9 Å². The molecule has 150 valence electrons. The molecule has 1 amide bonds. The van der Waals surface area contributed by atoms with Crippen LogP contribution < -0.4 is 5.32 Å². The maximum absolute atomic E-state index is 13.1. The number of benzene rings is 1. The molecule has 2 heterocycles. The van der Waals surface area contributed by atoms with E-state index < -0.39 is 0 Å². The second-order valence-corrected chi connectivity index (χ2v) is 8.26. The minimum atomic E-state index is 0.0449. The third kappa shape index (κ3) is 4.58. The molecule has 1 N–H and O–H groups in total. The highest BCUT2D eigenvalue weighted by atomic mass is 16.2. The Bertz CT molecular complexity index is 770. The number of rotatable bonds is 6. The Morgan fingerprint density at radius 1 is 1.14 bits per heavy atom. The molecule has 1 saturated heterocycles. The van der Waals surface area contributed by atoms with E-state index >= 15 is 0 Å². The summed E-state index contributed by atoms with van der Waals surface area (Å²) in [5.41, 5.74) is 1.31.